The fourth-order valence-corrected chi connectivity index (χ4v) is 1.70. The maximum absolute atomic E-state index is 12.0. The van der Waals surface area contributed by atoms with Crippen LogP contribution in [0.4, 0.5) is 4.79 Å². The molecule has 2 rings (SSSR count). The number of aromatic nitrogens is 2. The molecule has 0 unspecified atom stereocenters. The summed E-state index contributed by atoms with van der Waals surface area (Å²) in [6, 6.07) is 3.42. The third-order valence-corrected chi connectivity index (χ3v) is 2.53. The van der Waals surface area contributed by atoms with E-state index in [-0.39, 0.29) is 5.78 Å². The van der Waals surface area contributed by atoms with Crippen LogP contribution in [-0.4, -0.2) is 27.0 Å². The highest BCUT2D eigenvalue weighted by Crippen LogP contribution is 2.18. The smallest absolute Gasteiger partial charge is 0.419 e. The van der Waals surface area contributed by atoms with Crippen LogP contribution >= 0.6 is 0 Å². The lowest BCUT2D eigenvalue weighted by Gasteiger charge is -2.19. The van der Waals surface area contributed by atoms with Crippen LogP contribution in [0.3, 0.4) is 0 Å². The second-order valence-electron chi connectivity index (χ2n) is 5.35. The van der Waals surface area contributed by atoms with Crippen molar-refractivity contribution in [1.29, 1.82) is 0 Å². The van der Waals surface area contributed by atoms with Crippen LogP contribution in [0.25, 0.3) is 10.9 Å². The van der Waals surface area contributed by atoms with Gasteiger partial charge in [0.1, 0.15) is 11.3 Å². The Morgan fingerprint density at radius 3 is 2.58 bits per heavy atom. The lowest BCUT2D eigenvalue weighted by molar-refractivity contribution is 0.0544. The number of Topliss-reactive ketones (excluding diaryl/α,β-unsaturated/α-hetero) is 1. The summed E-state index contributed by atoms with van der Waals surface area (Å²) in [6.07, 6.45) is 2.67. The van der Waals surface area contributed by atoms with Crippen molar-refractivity contribution in [2.75, 3.05) is 0 Å². The molecule has 0 saturated heterocycles. The Morgan fingerprint density at radius 2 is 2.00 bits per heavy atom. The van der Waals surface area contributed by atoms with E-state index in [1.165, 1.54) is 17.7 Å². The normalized spacial score (nSPS) is 11.6. The van der Waals surface area contributed by atoms with Crippen LogP contribution < -0.4 is 0 Å². The zero-order valence-electron chi connectivity index (χ0n) is 11.4. The lowest BCUT2D eigenvalue weighted by Crippen LogP contribution is -2.26. The summed E-state index contributed by atoms with van der Waals surface area (Å²) in [6.45, 7) is 6.88. The minimum absolute atomic E-state index is 0.105. The number of carbonyl (C=O) groups excluding carboxylic acids is 2. The molecule has 100 valence electrons. The number of hydrogen-bond donors (Lipinski definition) is 0. The van der Waals surface area contributed by atoms with E-state index in [0.29, 0.717) is 11.2 Å². The molecule has 2 heterocycles. The summed E-state index contributed by atoms with van der Waals surface area (Å²) in [5, 5.41) is 0.783. The topological polar surface area (TPSA) is 61.2 Å². The molecule has 0 aliphatic rings. The predicted molar refractivity (Wildman–Crippen MR) is 71.4 cm³/mol. The second-order valence-corrected chi connectivity index (χ2v) is 5.35. The molecule has 5 heteroatoms. The summed E-state index contributed by atoms with van der Waals surface area (Å²) in [4.78, 5) is 27.3. The highest BCUT2D eigenvalue weighted by molar-refractivity contribution is 5.97. The molecule has 0 spiro atoms. The Labute approximate surface area is 111 Å². The van der Waals surface area contributed by atoms with E-state index < -0.39 is 11.7 Å². The first-order valence-electron chi connectivity index (χ1n) is 5.99. The van der Waals surface area contributed by atoms with Crippen molar-refractivity contribution in [2.24, 2.45) is 0 Å². The number of fused-ring (bicyclic) bond motifs is 1. The van der Waals surface area contributed by atoms with Crippen LogP contribution in [0, 0.1) is 0 Å². The molecule has 0 atom stereocenters. The number of hydrogen-bond acceptors (Lipinski definition) is 4. The van der Waals surface area contributed by atoms with Gasteiger partial charge in [-0.3, -0.25) is 14.3 Å². The van der Waals surface area contributed by atoms with E-state index >= 15 is 0 Å². The van der Waals surface area contributed by atoms with Gasteiger partial charge in [0.2, 0.25) is 0 Å². The van der Waals surface area contributed by atoms with Gasteiger partial charge in [-0.05, 0) is 32.9 Å². The van der Waals surface area contributed by atoms with Gasteiger partial charge in [-0.2, -0.15) is 0 Å². The van der Waals surface area contributed by atoms with E-state index in [4.69, 9.17) is 4.74 Å². The highest BCUT2D eigenvalue weighted by Gasteiger charge is 2.19. The summed E-state index contributed by atoms with van der Waals surface area (Å²) in [7, 11) is 0. The van der Waals surface area contributed by atoms with Crippen molar-refractivity contribution in [3.05, 3.63) is 30.2 Å². The molecule has 0 aromatic carbocycles. The SMILES string of the molecule is CC(=O)c1cc2ccn(C(=O)OC(C)(C)C)c2cn1. The lowest BCUT2D eigenvalue weighted by atomic mass is 10.2. The average molecular weight is 260 g/mol. The van der Waals surface area contributed by atoms with Crippen LogP contribution in [0.2, 0.25) is 0 Å². The summed E-state index contributed by atoms with van der Waals surface area (Å²) >= 11 is 0. The largest absolute Gasteiger partial charge is 0.443 e. The maximum Gasteiger partial charge on any atom is 0.419 e. The molecular weight excluding hydrogens is 244 g/mol. The van der Waals surface area contributed by atoms with E-state index in [9.17, 15) is 9.59 Å². The zero-order valence-corrected chi connectivity index (χ0v) is 11.4. The molecule has 0 N–H and O–H groups in total. The number of carbonyl (C=O) groups is 2. The molecule has 2 aromatic heterocycles. The Balaban J connectivity index is 2.41. The minimum Gasteiger partial charge on any atom is -0.443 e. The first-order valence-corrected chi connectivity index (χ1v) is 5.99. The predicted octanol–water partition coefficient (Wildman–Crippen LogP) is 3.02. The van der Waals surface area contributed by atoms with Gasteiger partial charge in [0.25, 0.3) is 0 Å². The molecule has 5 nitrogen and oxygen atoms in total. The van der Waals surface area contributed by atoms with Crippen molar-refractivity contribution in [3.63, 3.8) is 0 Å². The van der Waals surface area contributed by atoms with E-state index in [1.807, 2.05) is 20.8 Å². The van der Waals surface area contributed by atoms with Crippen molar-refractivity contribution < 1.29 is 14.3 Å². The number of rotatable bonds is 1. The quantitative estimate of drug-likeness (QED) is 0.739. The van der Waals surface area contributed by atoms with Crippen molar-refractivity contribution in [3.8, 4) is 0 Å². The van der Waals surface area contributed by atoms with Gasteiger partial charge < -0.3 is 4.74 Å². The highest BCUT2D eigenvalue weighted by atomic mass is 16.6. The molecule has 19 heavy (non-hydrogen) atoms. The van der Waals surface area contributed by atoms with Gasteiger partial charge in [0, 0.05) is 18.5 Å². The van der Waals surface area contributed by atoms with Crippen LogP contribution in [0.15, 0.2) is 24.5 Å². The Morgan fingerprint density at radius 1 is 1.32 bits per heavy atom. The van der Waals surface area contributed by atoms with Crippen LogP contribution in [0.1, 0.15) is 38.2 Å². The van der Waals surface area contributed by atoms with E-state index in [2.05, 4.69) is 4.98 Å². The van der Waals surface area contributed by atoms with Gasteiger partial charge in [-0.25, -0.2) is 4.79 Å². The zero-order chi connectivity index (χ0) is 14.2. The molecule has 2 aromatic rings. The molecule has 0 amide bonds. The van der Waals surface area contributed by atoms with Gasteiger partial charge in [-0.1, -0.05) is 0 Å². The molecule has 0 aliphatic carbocycles. The minimum atomic E-state index is -0.555. The number of pyridine rings is 1. The van der Waals surface area contributed by atoms with Crippen LogP contribution in [0.5, 0.6) is 0 Å². The van der Waals surface area contributed by atoms with Crippen molar-refractivity contribution in [1.82, 2.24) is 9.55 Å². The summed E-state index contributed by atoms with van der Waals surface area (Å²) < 4.78 is 6.68. The molecule has 0 radical (unpaired) electrons. The standard InChI is InChI=1S/C14H16N2O3/c1-9(17)11-7-10-5-6-16(12(10)8-15-11)13(18)19-14(2,3)4/h5-8H,1-4H3. The maximum atomic E-state index is 12.0. The van der Waals surface area contributed by atoms with Crippen molar-refractivity contribution in [2.45, 2.75) is 33.3 Å². The molecular formula is C14H16N2O3. The summed E-state index contributed by atoms with van der Waals surface area (Å²) in [5.74, 6) is -0.105. The molecule has 0 fully saturated rings. The summed E-state index contributed by atoms with van der Waals surface area (Å²) in [5.41, 5.74) is 0.453. The van der Waals surface area contributed by atoms with Gasteiger partial charge >= 0.3 is 6.09 Å². The first-order chi connectivity index (χ1) is 8.78. The van der Waals surface area contributed by atoms with Crippen LogP contribution in [-0.2, 0) is 4.74 Å². The average Bonchev–Trinajstić information content (AvgIpc) is 2.68. The van der Waals surface area contributed by atoms with E-state index in [1.54, 1.807) is 18.3 Å². The Kier molecular flexibility index (Phi) is 3.14. The Bertz CT molecular complexity index is 650. The second kappa shape index (κ2) is 4.50. The first kappa shape index (κ1) is 13.3. The monoisotopic (exact) mass is 260 g/mol. The number of ketones is 1. The Hall–Kier alpha value is -2.17. The third kappa shape index (κ3) is 2.81. The fourth-order valence-electron chi connectivity index (χ4n) is 1.70. The van der Waals surface area contributed by atoms with Gasteiger partial charge in [-0.15, -0.1) is 0 Å². The van der Waals surface area contributed by atoms with Gasteiger partial charge in [0.05, 0.1) is 11.7 Å². The number of ether oxygens (including phenoxy) is 1. The van der Waals surface area contributed by atoms with Gasteiger partial charge in [0.15, 0.2) is 5.78 Å². The van der Waals surface area contributed by atoms with E-state index in [0.717, 1.165) is 5.39 Å². The molecule has 0 bridgehead atoms. The molecule has 0 saturated carbocycles. The van der Waals surface area contributed by atoms with Crippen molar-refractivity contribution >= 4 is 22.8 Å². The third-order valence-electron chi connectivity index (χ3n) is 2.53. The fraction of sp³-hybridized carbons (Fsp3) is 0.357. The molecule has 0 aliphatic heterocycles. The number of nitrogens with zero attached hydrogens (tertiary/aromatic N) is 2.